The Kier molecular flexibility index (Phi) is 4.77. The molecule has 0 aliphatic carbocycles. The number of hydrogen-bond acceptors (Lipinski definition) is 2. The summed E-state index contributed by atoms with van der Waals surface area (Å²) in [6.07, 6.45) is 0. The third-order valence-corrected chi connectivity index (χ3v) is 3.67. The van der Waals surface area contributed by atoms with Crippen LogP contribution in [-0.2, 0) is 0 Å². The summed E-state index contributed by atoms with van der Waals surface area (Å²) >= 11 is 6.48. The van der Waals surface area contributed by atoms with Gasteiger partial charge >= 0.3 is 0 Å². The van der Waals surface area contributed by atoms with Crippen LogP contribution < -0.4 is 10.1 Å². The van der Waals surface area contributed by atoms with Gasteiger partial charge in [0.15, 0.2) is 0 Å². The molecule has 0 aliphatic heterocycles. The van der Waals surface area contributed by atoms with Gasteiger partial charge in [0.25, 0.3) is 5.91 Å². The molecule has 0 radical (unpaired) electrons. The first-order valence-corrected chi connectivity index (χ1v) is 7.20. The lowest BCUT2D eigenvalue weighted by atomic mass is 10.2. The van der Waals surface area contributed by atoms with Crippen LogP contribution in [0.2, 0.25) is 0 Å². The molecule has 2 aromatic rings. The number of carbonyl (C=O) groups is 1. The molecular formula is C14H10Br2FNO2. The summed E-state index contributed by atoms with van der Waals surface area (Å²) in [5.41, 5.74) is 0.475. The first kappa shape index (κ1) is 15.0. The van der Waals surface area contributed by atoms with E-state index in [2.05, 4.69) is 37.2 Å². The number of hydrogen-bond donors (Lipinski definition) is 1. The zero-order valence-corrected chi connectivity index (χ0v) is 13.6. The number of carbonyl (C=O) groups excluding carboxylic acids is 1. The molecule has 0 atom stereocenters. The van der Waals surface area contributed by atoms with Gasteiger partial charge in [-0.3, -0.25) is 4.79 Å². The van der Waals surface area contributed by atoms with Gasteiger partial charge in [0.1, 0.15) is 11.6 Å². The van der Waals surface area contributed by atoms with Crippen LogP contribution in [0.25, 0.3) is 0 Å². The molecule has 6 heteroatoms. The van der Waals surface area contributed by atoms with Crippen LogP contribution in [0.3, 0.4) is 0 Å². The van der Waals surface area contributed by atoms with Crippen LogP contribution >= 0.6 is 31.9 Å². The second-order valence-electron chi connectivity index (χ2n) is 3.93. The predicted octanol–water partition coefficient (Wildman–Crippen LogP) is 4.61. The smallest absolute Gasteiger partial charge is 0.259 e. The summed E-state index contributed by atoms with van der Waals surface area (Å²) < 4.78 is 20.0. The van der Waals surface area contributed by atoms with E-state index in [0.717, 1.165) is 4.47 Å². The number of ether oxygens (including phenoxy) is 1. The second kappa shape index (κ2) is 6.37. The minimum absolute atomic E-state index is 0.0357. The summed E-state index contributed by atoms with van der Waals surface area (Å²) in [5, 5.41) is 2.64. The summed E-state index contributed by atoms with van der Waals surface area (Å²) in [6.45, 7) is 0. The minimum atomic E-state index is -0.584. The third-order valence-electron chi connectivity index (χ3n) is 2.55. The predicted molar refractivity (Wildman–Crippen MR) is 82.7 cm³/mol. The molecule has 0 heterocycles. The lowest BCUT2D eigenvalue weighted by molar-refractivity contribution is 0.102. The summed E-state index contributed by atoms with van der Waals surface area (Å²) in [4.78, 5) is 12.1. The number of benzene rings is 2. The van der Waals surface area contributed by atoms with E-state index in [4.69, 9.17) is 4.74 Å². The Bertz CT molecular complexity index is 641. The number of anilines is 1. The fourth-order valence-electron chi connectivity index (χ4n) is 1.66. The van der Waals surface area contributed by atoms with Crippen molar-refractivity contribution >= 4 is 43.5 Å². The van der Waals surface area contributed by atoms with E-state index in [9.17, 15) is 9.18 Å². The molecule has 20 heavy (non-hydrogen) atoms. The van der Waals surface area contributed by atoms with Crippen LogP contribution in [-0.4, -0.2) is 13.0 Å². The molecule has 0 saturated carbocycles. The molecule has 1 N–H and O–H groups in total. The van der Waals surface area contributed by atoms with E-state index in [1.54, 1.807) is 24.3 Å². The van der Waals surface area contributed by atoms with E-state index in [1.165, 1.54) is 19.2 Å². The highest BCUT2D eigenvalue weighted by Gasteiger charge is 2.15. The van der Waals surface area contributed by atoms with Gasteiger partial charge in [-0.2, -0.15) is 0 Å². The topological polar surface area (TPSA) is 38.3 Å². The Morgan fingerprint density at radius 1 is 1.25 bits per heavy atom. The maximum absolute atomic E-state index is 13.7. The summed E-state index contributed by atoms with van der Waals surface area (Å²) in [6, 6.07) is 9.49. The van der Waals surface area contributed by atoms with Gasteiger partial charge < -0.3 is 10.1 Å². The summed E-state index contributed by atoms with van der Waals surface area (Å²) in [7, 11) is 1.53. The highest BCUT2D eigenvalue weighted by Crippen LogP contribution is 2.26. The van der Waals surface area contributed by atoms with Crippen molar-refractivity contribution in [2.24, 2.45) is 0 Å². The molecular weight excluding hydrogens is 393 g/mol. The zero-order valence-electron chi connectivity index (χ0n) is 10.4. The first-order chi connectivity index (χ1) is 9.51. The quantitative estimate of drug-likeness (QED) is 0.813. The van der Waals surface area contributed by atoms with E-state index < -0.39 is 11.7 Å². The third kappa shape index (κ3) is 3.37. The van der Waals surface area contributed by atoms with Crippen molar-refractivity contribution in [3.63, 3.8) is 0 Å². The molecule has 104 valence electrons. The van der Waals surface area contributed by atoms with Crippen molar-refractivity contribution in [3.8, 4) is 5.75 Å². The lowest BCUT2D eigenvalue weighted by Crippen LogP contribution is -2.14. The van der Waals surface area contributed by atoms with Gasteiger partial charge in [-0.05, 0) is 40.2 Å². The van der Waals surface area contributed by atoms with E-state index in [-0.39, 0.29) is 5.56 Å². The van der Waals surface area contributed by atoms with Crippen LogP contribution in [0, 0.1) is 5.82 Å². The van der Waals surface area contributed by atoms with E-state index in [1.807, 2.05) is 0 Å². The molecule has 3 nitrogen and oxygen atoms in total. The van der Waals surface area contributed by atoms with Crippen LogP contribution in [0.4, 0.5) is 10.1 Å². The highest BCUT2D eigenvalue weighted by atomic mass is 79.9. The largest absolute Gasteiger partial charge is 0.497 e. The molecule has 0 fully saturated rings. The fourth-order valence-corrected chi connectivity index (χ4v) is 2.66. The molecule has 0 spiro atoms. The second-order valence-corrected chi connectivity index (χ2v) is 5.70. The van der Waals surface area contributed by atoms with Crippen molar-refractivity contribution in [1.29, 1.82) is 0 Å². The molecule has 2 aromatic carbocycles. The molecule has 1 amide bonds. The van der Waals surface area contributed by atoms with Crippen LogP contribution in [0.5, 0.6) is 5.75 Å². The van der Waals surface area contributed by atoms with Crippen molar-refractivity contribution in [2.75, 3.05) is 12.4 Å². The maximum Gasteiger partial charge on any atom is 0.259 e. The van der Waals surface area contributed by atoms with Crippen molar-refractivity contribution in [3.05, 3.63) is 56.7 Å². The number of methoxy groups -OCH3 is 1. The monoisotopic (exact) mass is 401 g/mol. The molecule has 0 aliphatic rings. The Morgan fingerprint density at radius 2 is 2.00 bits per heavy atom. The standard InChI is InChI=1S/C14H10Br2FNO2/c1-20-10-6-8(15)5-9(7-10)18-14(19)13-11(16)3-2-4-12(13)17/h2-7H,1H3,(H,18,19). The van der Waals surface area contributed by atoms with Gasteiger partial charge in [-0.15, -0.1) is 0 Å². The van der Waals surface area contributed by atoms with Crippen molar-refractivity contribution < 1.29 is 13.9 Å². The highest BCUT2D eigenvalue weighted by molar-refractivity contribution is 9.10. The van der Waals surface area contributed by atoms with E-state index >= 15 is 0 Å². The average Bonchev–Trinajstić information content (AvgIpc) is 2.37. The average molecular weight is 403 g/mol. The normalized spacial score (nSPS) is 10.2. The molecule has 0 bridgehead atoms. The van der Waals surface area contributed by atoms with Gasteiger partial charge in [-0.1, -0.05) is 22.0 Å². The Hall–Kier alpha value is -1.40. The minimum Gasteiger partial charge on any atom is -0.497 e. The van der Waals surface area contributed by atoms with E-state index in [0.29, 0.717) is 15.9 Å². The van der Waals surface area contributed by atoms with Crippen molar-refractivity contribution in [2.45, 2.75) is 0 Å². The Balaban J connectivity index is 2.30. The molecule has 2 rings (SSSR count). The first-order valence-electron chi connectivity index (χ1n) is 5.61. The number of halogens is 3. The Labute approximate surface area is 132 Å². The fraction of sp³-hybridized carbons (Fsp3) is 0.0714. The van der Waals surface area contributed by atoms with Gasteiger partial charge in [0, 0.05) is 20.7 Å². The SMILES string of the molecule is COc1cc(Br)cc(NC(=O)c2c(F)cccc2Br)c1. The van der Waals surface area contributed by atoms with Crippen molar-refractivity contribution in [1.82, 2.24) is 0 Å². The van der Waals surface area contributed by atoms with Gasteiger partial charge in [0.2, 0.25) is 0 Å². The molecule has 0 unspecified atom stereocenters. The van der Waals surface area contributed by atoms with Gasteiger partial charge in [0.05, 0.1) is 12.7 Å². The van der Waals surface area contributed by atoms with Gasteiger partial charge in [-0.25, -0.2) is 4.39 Å². The molecule has 0 aromatic heterocycles. The number of rotatable bonds is 3. The van der Waals surface area contributed by atoms with Crippen LogP contribution in [0.15, 0.2) is 45.3 Å². The number of nitrogens with one attached hydrogen (secondary N) is 1. The Morgan fingerprint density at radius 3 is 2.65 bits per heavy atom. The maximum atomic E-state index is 13.7. The zero-order chi connectivity index (χ0) is 14.7. The van der Waals surface area contributed by atoms with Crippen LogP contribution in [0.1, 0.15) is 10.4 Å². The lowest BCUT2D eigenvalue weighted by Gasteiger charge is -2.09. The number of amides is 1. The summed E-state index contributed by atoms with van der Waals surface area (Å²) in [5.74, 6) is -0.531. The molecule has 0 saturated heterocycles.